The molecule has 3 heteroatoms. The van der Waals surface area contributed by atoms with Gasteiger partial charge in [-0.3, -0.25) is 4.68 Å². The summed E-state index contributed by atoms with van der Waals surface area (Å²) < 4.78 is 6.93. The maximum absolute atomic E-state index is 5.00. The van der Waals surface area contributed by atoms with E-state index in [1.807, 2.05) is 10.7 Å². The number of hydrogen-bond donors (Lipinski definition) is 0. The van der Waals surface area contributed by atoms with Gasteiger partial charge >= 0.3 is 0 Å². The van der Waals surface area contributed by atoms with Crippen molar-refractivity contribution in [2.75, 3.05) is 13.7 Å². The highest BCUT2D eigenvalue weighted by Gasteiger charge is 1.99. The van der Waals surface area contributed by atoms with Gasteiger partial charge in [0.2, 0.25) is 0 Å². The van der Waals surface area contributed by atoms with Crippen molar-refractivity contribution >= 4 is 10.9 Å². The Morgan fingerprint density at radius 3 is 3.07 bits per heavy atom. The first-order valence-corrected chi connectivity index (χ1v) is 4.72. The minimum absolute atomic E-state index is 0.701. The smallest absolute Gasteiger partial charge is 0.0923 e. The summed E-state index contributed by atoms with van der Waals surface area (Å²) in [6.07, 6.45) is 2.06. The third-order valence-corrected chi connectivity index (χ3v) is 2.23. The second-order valence-electron chi connectivity index (χ2n) is 3.45. The number of aromatic nitrogens is 2. The summed E-state index contributed by atoms with van der Waals surface area (Å²) in [6, 6.07) is 6.27. The van der Waals surface area contributed by atoms with Crippen LogP contribution in [0.1, 0.15) is 5.56 Å². The van der Waals surface area contributed by atoms with Crippen LogP contribution in [0.2, 0.25) is 0 Å². The number of hydrogen-bond acceptors (Lipinski definition) is 2. The molecule has 0 amide bonds. The Labute approximate surface area is 83.3 Å². The molecule has 0 unspecified atom stereocenters. The van der Waals surface area contributed by atoms with Crippen molar-refractivity contribution in [3.8, 4) is 0 Å². The summed E-state index contributed by atoms with van der Waals surface area (Å²) in [5.41, 5.74) is 2.32. The Morgan fingerprint density at radius 1 is 1.43 bits per heavy atom. The molecule has 0 aliphatic heterocycles. The number of methoxy groups -OCH3 is 1. The Hall–Kier alpha value is -1.35. The average molecular weight is 190 g/mol. The first-order valence-electron chi connectivity index (χ1n) is 4.72. The van der Waals surface area contributed by atoms with E-state index in [9.17, 15) is 0 Å². The summed E-state index contributed by atoms with van der Waals surface area (Å²) in [4.78, 5) is 0. The molecule has 0 N–H and O–H groups in total. The van der Waals surface area contributed by atoms with Gasteiger partial charge in [0.05, 0.1) is 18.7 Å². The topological polar surface area (TPSA) is 27.1 Å². The molecule has 0 saturated heterocycles. The SMILES string of the molecule is COCCn1cc2cc(C)ccc2n1. The second kappa shape index (κ2) is 3.80. The van der Waals surface area contributed by atoms with Crippen LogP contribution in [0.3, 0.4) is 0 Å². The van der Waals surface area contributed by atoms with Gasteiger partial charge in [0.1, 0.15) is 0 Å². The number of rotatable bonds is 3. The molecule has 0 radical (unpaired) electrons. The predicted molar refractivity (Wildman–Crippen MR) is 56.3 cm³/mol. The largest absolute Gasteiger partial charge is 0.383 e. The lowest BCUT2D eigenvalue weighted by molar-refractivity contribution is 0.184. The van der Waals surface area contributed by atoms with Crippen LogP contribution >= 0.6 is 0 Å². The summed E-state index contributed by atoms with van der Waals surface area (Å²) in [7, 11) is 1.70. The van der Waals surface area contributed by atoms with E-state index in [4.69, 9.17) is 4.74 Å². The van der Waals surface area contributed by atoms with Crippen LogP contribution in [0.5, 0.6) is 0 Å². The highest BCUT2D eigenvalue weighted by Crippen LogP contribution is 2.13. The molecule has 2 rings (SSSR count). The molecule has 0 aliphatic carbocycles. The van der Waals surface area contributed by atoms with Crippen molar-refractivity contribution in [2.45, 2.75) is 13.5 Å². The van der Waals surface area contributed by atoms with E-state index in [0.29, 0.717) is 6.61 Å². The van der Waals surface area contributed by atoms with Crippen LogP contribution in [-0.4, -0.2) is 23.5 Å². The van der Waals surface area contributed by atoms with E-state index in [-0.39, 0.29) is 0 Å². The maximum Gasteiger partial charge on any atom is 0.0923 e. The van der Waals surface area contributed by atoms with Gasteiger partial charge < -0.3 is 4.74 Å². The van der Waals surface area contributed by atoms with Crippen LogP contribution < -0.4 is 0 Å². The number of ether oxygens (including phenoxy) is 1. The average Bonchev–Trinajstić information content (AvgIpc) is 2.56. The monoisotopic (exact) mass is 190 g/mol. The number of aryl methyl sites for hydroxylation is 1. The predicted octanol–water partition coefficient (Wildman–Crippen LogP) is 1.99. The van der Waals surface area contributed by atoms with Crippen LogP contribution in [0.15, 0.2) is 24.4 Å². The lowest BCUT2D eigenvalue weighted by Crippen LogP contribution is -2.03. The quantitative estimate of drug-likeness (QED) is 0.740. The second-order valence-corrected chi connectivity index (χ2v) is 3.45. The Bertz CT molecular complexity index is 434. The molecule has 74 valence electrons. The van der Waals surface area contributed by atoms with E-state index in [0.717, 1.165) is 12.1 Å². The van der Waals surface area contributed by atoms with E-state index >= 15 is 0 Å². The van der Waals surface area contributed by atoms with Crippen molar-refractivity contribution in [2.24, 2.45) is 0 Å². The third kappa shape index (κ3) is 1.77. The van der Waals surface area contributed by atoms with E-state index in [1.165, 1.54) is 10.9 Å². The van der Waals surface area contributed by atoms with Gasteiger partial charge in [-0.2, -0.15) is 5.10 Å². The molecule has 3 nitrogen and oxygen atoms in total. The van der Waals surface area contributed by atoms with Gasteiger partial charge in [0.25, 0.3) is 0 Å². The zero-order chi connectivity index (χ0) is 9.97. The van der Waals surface area contributed by atoms with Crippen LogP contribution in [0, 0.1) is 6.92 Å². The van der Waals surface area contributed by atoms with Gasteiger partial charge in [0, 0.05) is 18.7 Å². The van der Waals surface area contributed by atoms with Gasteiger partial charge in [0.15, 0.2) is 0 Å². The molecule has 0 spiro atoms. The summed E-state index contributed by atoms with van der Waals surface area (Å²) in [6.45, 7) is 3.60. The number of benzene rings is 1. The zero-order valence-corrected chi connectivity index (χ0v) is 8.53. The summed E-state index contributed by atoms with van der Waals surface area (Å²) >= 11 is 0. The van der Waals surface area contributed by atoms with E-state index < -0.39 is 0 Å². The van der Waals surface area contributed by atoms with Crippen LogP contribution in [0.4, 0.5) is 0 Å². The van der Waals surface area contributed by atoms with E-state index in [1.54, 1.807) is 7.11 Å². The highest BCUT2D eigenvalue weighted by atomic mass is 16.5. The van der Waals surface area contributed by atoms with Gasteiger partial charge in [-0.05, 0) is 19.1 Å². The molecular formula is C11H14N2O. The molecule has 0 fully saturated rings. The van der Waals surface area contributed by atoms with Crippen molar-refractivity contribution in [1.29, 1.82) is 0 Å². The normalized spacial score (nSPS) is 11.0. The van der Waals surface area contributed by atoms with Crippen molar-refractivity contribution in [3.05, 3.63) is 30.0 Å². The molecule has 0 atom stereocenters. The molecule has 14 heavy (non-hydrogen) atoms. The zero-order valence-electron chi connectivity index (χ0n) is 8.53. The Morgan fingerprint density at radius 2 is 2.29 bits per heavy atom. The minimum atomic E-state index is 0.701. The molecule has 1 aromatic heterocycles. The van der Waals surface area contributed by atoms with Crippen molar-refractivity contribution in [3.63, 3.8) is 0 Å². The van der Waals surface area contributed by atoms with Gasteiger partial charge in [-0.1, -0.05) is 11.6 Å². The Kier molecular flexibility index (Phi) is 2.50. The molecule has 1 aromatic carbocycles. The molecular weight excluding hydrogens is 176 g/mol. The summed E-state index contributed by atoms with van der Waals surface area (Å²) in [5.74, 6) is 0. The first kappa shape index (κ1) is 9.21. The van der Waals surface area contributed by atoms with Crippen molar-refractivity contribution in [1.82, 2.24) is 9.78 Å². The lowest BCUT2D eigenvalue weighted by Gasteiger charge is -1.97. The molecule has 0 bridgehead atoms. The molecule has 0 aliphatic rings. The fourth-order valence-corrected chi connectivity index (χ4v) is 1.50. The Balaban J connectivity index is 2.32. The minimum Gasteiger partial charge on any atom is -0.383 e. The van der Waals surface area contributed by atoms with Crippen LogP contribution in [0.25, 0.3) is 10.9 Å². The summed E-state index contributed by atoms with van der Waals surface area (Å²) in [5, 5.41) is 5.62. The number of fused-ring (bicyclic) bond motifs is 1. The van der Waals surface area contributed by atoms with Crippen molar-refractivity contribution < 1.29 is 4.74 Å². The maximum atomic E-state index is 5.00. The standard InChI is InChI=1S/C11H14N2O/c1-9-3-4-11-10(7-9)8-13(12-11)5-6-14-2/h3-4,7-8H,5-6H2,1-2H3. The van der Waals surface area contributed by atoms with E-state index in [2.05, 4.69) is 30.4 Å². The fraction of sp³-hybridized carbons (Fsp3) is 0.364. The van der Waals surface area contributed by atoms with Gasteiger partial charge in [-0.15, -0.1) is 0 Å². The molecule has 1 heterocycles. The van der Waals surface area contributed by atoms with Gasteiger partial charge in [-0.25, -0.2) is 0 Å². The van der Waals surface area contributed by atoms with Crippen LogP contribution in [-0.2, 0) is 11.3 Å². The third-order valence-electron chi connectivity index (χ3n) is 2.23. The fourth-order valence-electron chi connectivity index (χ4n) is 1.50. The molecule has 2 aromatic rings. The molecule has 0 saturated carbocycles. The number of nitrogens with zero attached hydrogens (tertiary/aromatic N) is 2. The highest BCUT2D eigenvalue weighted by molar-refractivity contribution is 5.78. The first-order chi connectivity index (χ1) is 6.79. The lowest BCUT2D eigenvalue weighted by atomic mass is 10.2.